The fourth-order valence-electron chi connectivity index (χ4n) is 4.64. The molecule has 0 radical (unpaired) electrons. The Hall–Kier alpha value is -1.37. The van der Waals surface area contributed by atoms with Crippen LogP contribution in [-0.4, -0.2) is 79.1 Å². The lowest BCUT2D eigenvalue weighted by Gasteiger charge is -2.42. The number of nitrogens with zero attached hydrogens (tertiary/aromatic N) is 3. The standard InChI is InChI=1S/C20H31N3O3/c24-20(23-10-13-25-14-11-23)18-1-8-22(9-2-18)19-3-6-21(7-4-19)15-17-5-12-26-16-17/h5,12,16,18-19H,1-4,6-11,13-15H2. The third-order valence-electron chi connectivity index (χ3n) is 6.26. The predicted molar refractivity (Wildman–Crippen MR) is 98.7 cm³/mol. The van der Waals surface area contributed by atoms with E-state index < -0.39 is 0 Å². The first-order valence-corrected chi connectivity index (χ1v) is 10.1. The number of rotatable bonds is 4. The molecule has 3 aliphatic rings. The van der Waals surface area contributed by atoms with Gasteiger partial charge in [0.2, 0.25) is 5.91 Å². The van der Waals surface area contributed by atoms with Gasteiger partial charge in [0.25, 0.3) is 0 Å². The minimum absolute atomic E-state index is 0.227. The lowest BCUT2D eigenvalue weighted by atomic mass is 9.92. The van der Waals surface area contributed by atoms with Gasteiger partial charge in [0.15, 0.2) is 0 Å². The first-order valence-electron chi connectivity index (χ1n) is 10.1. The van der Waals surface area contributed by atoms with Gasteiger partial charge in [-0.05, 0) is 57.9 Å². The third kappa shape index (κ3) is 4.30. The van der Waals surface area contributed by atoms with Crippen LogP contribution in [0.15, 0.2) is 23.0 Å². The van der Waals surface area contributed by atoms with Gasteiger partial charge in [0.05, 0.1) is 25.7 Å². The molecule has 3 aliphatic heterocycles. The topological polar surface area (TPSA) is 49.2 Å². The van der Waals surface area contributed by atoms with Crippen molar-refractivity contribution < 1.29 is 13.9 Å². The van der Waals surface area contributed by atoms with Crippen molar-refractivity contribution in [2.75, 3.05) is 52.5 Å². The highest BCUT2D eigenvalue weighted by Crippen LogP contribution is 2.26. The van der Waals surface area contributed by atoms with E-state index in [0.717, 1.165) is 58.7 Å². The lowest BCUT2D eigenvalue weighted by molar-refractivity contribution is -0.141. The Bertz CT molecular complexity index is 555. The molecule has 0 atom stereocenters. The SMILES string of the molecule is O=C(C1CCN(C2CCN(Cc3ccoc3)CC2)CC1)N1CCOCC1. The number of piperidine rings is 2. The fourth-order valence-corrected chi connectivity index (χ4v) is 4.64. The Kier molecular flexibility index (Phi) is 5.92. The number of carbonyl (C=O) groups is 1. The van der Waals surface area contributed by atoms with E-state index in [4.69, 9.17) is 9.15 Å². The first-order chi connectivity index (χ1) is 12.8. The van der Waals surface area contributed by atoms with E-state index in [1.165, 1.54) is 18.4 Å². The summed E-state index contributed by atoms with van der Waals surface area (Å²) in [4.78, 5) is 19.8. The Morgan fingerprint density at radius 1 is 1.00 bits per heavy atom. The molecule has 0 bridgehead atoms. The summed E-state index contributed by atoms with van der Waals surface area (Å²) in [5.41, 5.74) is 1.27. The van der Waals surface area contributed by atoms with Crippen LogP contribution in [0, 0.1) is 5.92 Å². The Morgan fingerprint density at radius 2 is 1.73 bits per heavy atom. The van der Waals surface area contributed by atoms with E-state index in [1.807, 2.05) is 11.2 Å². The molecule has 6 heteroatoms. The van der Waals surface area contributed by atoms with Crippen LogP contribution >= 0.6 is 0 Å². The summed E-state index contributed by atoms with van der Waals surface area (Å²) < 4.78 is 10.5. The quantitative estimate of drug-likeness (QED) is 0.819. The molecule has 0 saturated carbocycles. The molecular formula is C20H31N3O3. The summed E-state index contributed by atoms with van der Waals surface area (Å²) >= 11 is 0. The van der Waals surface area contributed by atoms with E-state index in [-0.39, 0.29) is 5.92 Å². The summed E-state index contributed by atoms with van der Waals surface area (Å²) in [6, 6.07) is 2.75. The largest absolute Gasteiger partial charge is 0.472 e. The molecule has 0 spiro atoms. The molecule has 6 nitrogen and oxygen atoms in total. The minimum Gasteiger partial charge on any atom is -0.472 e. The average molecular weight is 361 g/mol. The van der Waals surface area contributed by atoms with Crippen LogP contribution in [0.1, 0.15) is 31.2 Å². The van der Waals surface area contributed by atoms with Crippen molar-refractivity contribution in [1.82, 2.24) is 14.7 Å². The molecule has 144 valence electrons. The Morgan fingerprint density at radius 3 is 2.38 bits per heavy atom. The number of likely N-dealkylation sites (tertiary alicyclic amines) is 2. The molecule has 4 rings (SSSR count). The maximum Gasteiger partial charge on any atom is 0.225 e. The molecule has 1 aromatic rings. The summed E-state index contributed by atoms with van der Waals surface area (Å²) in [6.07, 6.45) is 8.11. The van der Waals surface area contributed by atoms with Crippen molar-refractivity contribution in [3.05, 3.63) is 24.2 Å². The van der Waals surface area contributed by atoms with Gasteiger partial charge in [-0.25, -0.2) is 0 Å². The molecule has 3 saturated heterocycles. The van der Waals surface area contributed by atoms with Crippen LogP contribution in [0.2, 0.25) is 0 Å². The molecular weight excluding hydrogens is 330 g/mol. The first kappa shape index (κ1) is 18.0. The van der Waals surface area contributed by atoms with Crippen LogP contribution in [0.5, 0.6) is 0 Å². The smallest absolute Gasteiger partial charge is 0.225 e. The molecule has 0 N–H and O–H groups in total. The zero-order valence-corrected chi connectivity index (χ0v) is 15.6. The molecule has 0 aromatic carbocycles. The lowest BCUT2D eigenvalue weighted by Crippen LogP contribution is -2.50. The van der Waals surface area contributed by atoms with E-state index in [9.17, 15) is 4.79 Å². The maximum atomic E-state index is 12.7. The van der Waals surface area contributed by atoms with E-state index in [0.29, 0.717) is 25.2 Å². The van der Waals surface area contributed by atoms with Crippen LogP contribution in [0.4, 0.5) is 0 Å². The summed E-state index contributed by atoms with van der Waals surface area (Å²) in [6.45, 7) is 8.40. The number of amides is 1. The predicted octanol–water partition coefficient (Wildman–Crippen LogP) is 1.81. The second-order valence-corrected chi connectivity index (χ2v) is 7.89. The normalized spacial score (nSPS) is 24.8. The minimum atomic E-state index is 0.227. The fraction of sp³-hybridized carbons (Fsp3) is 0.750. The highest BCUT2D eigenvalue weighted by Gasteiger charge is 2.32. The van der Waals surface area contributed by atoms with Crippen molar-refractivity contribution in [3.8, 4) is 0 Å². The van der Waals surface area contributed by atoms with Crippen molar-refractivity contribution in [2.45, 2.75) is 38.3 Å². The monoisotopic (exact) mass is 361 g/mol. The average Bonchev–Trinajstić information content (AvgIpc) is 3.22. The molecule has 26 heavy (non-hydrogen) atoms. The molecule has 3 fully saturated rings. The Labute approximate surface area is 156 Å². The summed E-state index contributed by atoms with van der Waals surface area (Å²) in [7, 11) is 0. The van der Waals surface area contributed by atoms with Crippen molar-refractivity contribution in [3.63, 3.8) is 0 Å². The van der Waals surface area contributed by atoms with Crippen LogP contribution in [0.3, 0.4) is 0 Å². The van der Waals surface area contributed by atoms with E-state index in [2.05, 4.69) is 15.9 Å². The van der Waals surface area contributed by atoms with Crippen LogP contribution in [0.25, 0.3) is 0 Å². The number of morpholine rings is 1. The number of hydrogen-bond donors (Lipinski definition) is 0. The van der Waals surface area contributed by atoms with Crippen molar-refractivity contribution in [2.24, 2.45) is 5.92 Å². The molecule has 1 aromatic heterocycles. The number of ether oxygens (including phenoxy) is 1. The highest BCUT2D eigenvalue weighted by atomic mass is 16.5. The molecule has 4 heterocycles. The van der Waals surface area contributed by atoms with Crippen molar-refractivity contribution >= 4 is 5.91 Å². The zero-order valence-electron chi connectivity index (χ0n) is 15.6. The van der Waals surface area contributed by atoms with Crippen LogP contribution in [-0.2, 0) is 16.1 Å². The van der Waals surface area contributed by atoms with Gasteiger partial charge < -0.3 is 19.0 Å². The van der Waals surface area contributed by atoms with Gasteiger partial charge >= 0.3 is 0 Å². The van der Waals surface area contributed by atoms with Crippen LogP contribution < -0.4 is 0 Å². The van der Waals surface area contributed by atoms with Gasteiger partial charge in [-0.1, -0.05) is 0 Å². The summed E-state index contributed by atoms with van der Waals surface area (Å²) in [5, 5.41) is 0. The molecule has 0 unspecified atom stereocenters. The Balaban J connectivity index is 1.20. The number of furan rings is 1. The molecule has 0 aliphatic carbocycles. The van der Waals surface area contributed by atoms with Gasteiger partial charge in [0, 0.05) is 37.2 Å². The highest BCUT2D eigenvalue weighted by molar-refractivity contribution is 5.79. The maximum absolute atomic E-state index is 12.7. The van der Waals surface area contributed by atoms with Crippen molar-refractivity contribution in [1.29, 1.82) is 0 Å². The molecule has 1 amide bonds. The summed E-state index contributed by atoms with van der Waals surface area (Å²) in [5.74, 6) is 0.591. The van der Waals surface area contributed by atoms with Gasteiger partial charge in [-0.3, -0.25) is 9.69 Å². The second kappa shape index (κ2) is 8.55. The second-order valence-electron chi connectivity index (χ2n) is 7.89. The van der Waals surface area contributed by atoms with Gasteiger partial charge in [0.1, 0.15) is 0 Å². The number of carbonyl (C=O) groups excluding carboxylic acids is 1. The van der Waals surface area contributed by atoms with E-state index in [1.54, 1.807) is 6.26 Å². The zero-order chi connectivity index (χ0) is 17.8. The third-order valence-corrected chi connectivity index (χ3v) is 6.26. The van der Waals surface area contributed by atoms with Gasteiger partial charge in [-0.15, -0.1) is 0 Å². The van der Waals surface area contributed by atoms with E-state index >= 15 is 0 Å². The number of hydrogen-bond acceptors (Lipinski definition) is 5. The van der Waals surface area contributed by atoms with Gasteiger partial charge in [-0.2, -0.15) is 0 Å².